The van der Waals surface area contributed by atoms with Crippen LogP contribution in [0.5, 0.6) is 5.75 Å². The molecule has 0 fully saturated rings. The molecule has 1 aliphatic heterocycles. The summed E-state index contributed by atoms with van der Waals surface area (Å²) in [4.78, 5) is 1.60. The van der Waals surface area contributed by atoms with Gasteiger partial charge in [-0.1, -0.05) is 28.1 Å². The van der Waals surface area contributed by atoms with Gasteiger partial charge in [-0.3, -0.25) is 0 Å². The Hall–Kier alpha value is -0.320. The van der Waals surface area contributed by atoms with E-state index in [1.807, 2.05) is 0 Å². The van der Waals surface area contributed by atoms with Gasteiger partial charge in [0.05, 0.1) is 15.2 Å². The Balaban J connectivity index is 1.97. The predicted octanol–water partition coefficient (Wildman–Crippen LogP) is 5.24. The fraction of sp³-hybridized carbons (Fsp3) is 0.286. The largest absolute Gasteiger partial charge is 0.493 e. The number of fused-ring (bicyclic) bond motifs is 1. The molecule has 1 aromatic carbocycles. The average molecular weight is 388 g/mol. The normalized spacial score (nSPS) is 15.3. The number of hydrogen-bond donors (Lipinski definition) is 0. The summed E-state index contributed by atoms with van der Waals surface area (Å²) in [5.41, 5.74) is 3.96. The molecule has 1 aliphatic rings. The van der Waals surface area contributed by atoms with E-state index in [1.54, 1.807) is 11.3 Å². The summed E-state index contributed by atoms with van der Waals surface area (Å²) < 4.78 is 6.73. The van der Waals surface area contributed by atoms with Gasteiger partial charge in [-0.2, -0.15) is 0 Å². The number of halogens is 2. The Labute approximate surface area is 127 Å². The lowest BCUT2D eigenvalue weighted by molar-refractivity contribution is 0.357. The van der Waals surface area contributed by atoms with Crippen LogP contribution in [0.4, 0.5) is 0 Å². The van der Waals surface area contributed by atoms with Crippen LogP contribution in [0.3, 0.4) is 0 Å². The Morgan fingerprint density at radius 3 is 2.89 bits per heavy atom. The Morgan fingerprint density at radius 1 is 1.33 bits per heavy atom. The van der Waals surface area contributed by atoms with Crippen LogP contribution in [-0.2, 0) is 6.42 Å². The summed E-state index contributed by atoms with van der Waals surface area (Å²) in [5.74, 6) is 1.04. The highest BCUT2D eigenvalue weighted by molar-refractivity contribution is 9.11. The Morgan fingerprint density at radius 2 is 2.17 bits per heavy atom. The maximum absolute atomic E-state index is 5.55. The SMILES string of the molecule is Cc1sc(Br)cc1C(Br)c1ccc2c(c1)CCO2. The van der Waals surface area contributed by atoms with Crippen molar-refractivity contribution in [3.05, 3.63) is 49.6 Å². The van der Waals surface area contributed by atoms with Gasteiger partial charge in [0.1, 0.15) is 5.75 Å². The summed E-state index contributed by atoms with van der Waals surface area (Å²) in [7, 11) is 0. The first-order valence-electron chi connectivity index (χ1n) is 5.80. The third-order valence-corrected chi connectivity index (χ3v) is 5.80. The standard InChI is InChI=1S/C14H12Br2OS/c1-8-11(7-13(15)18-8)14(16)10-2-3-12-9(6-10)4-5-17-12/h2-3,6-7,14H,4-5H2,1H3. The van der Waals surface area contributed by atoms with Crippen molar-refractivity contribution in [2.75, 3.05) is 6.61 Å². The van der Waals surface area contributed by atoms with Gasteiger partial charge in [0.25, 0.3) is 0 Å². The van der Waals surface area contributed by atoms with Gasteiger partial charge < -0.3 is 4.74 Å². The molecule has 0 spiro atoms. The molecule has 1 atom stereocenters. The molecule has 94 valence electrons. The predicted molar refractivity (Wildman–Crippen MR) is 83.2 cm³/mol. The van der Waals surface area contributed by atoms with Crippen molar-refractivity contribution in [2.45, 2.75) is 18.2 Å². The molecule has 0 N–H and O–H groups in total. The zero-order valence-electron chi connectivity index (χ0n) is 9.87. The van der Waals surface area contributed by atoms with Crippen molar-refractivity contribution in [1.29, 1.82) is 0 Å². The van der Waals surface area contributed by atoms with Crippen LogP contribution in [0.15, 0.2) is 28.1 Å². The molecule has 2 aromatic rings. The average Bonchev–Trinajstić information content (AvgIpc) is 2.93. The van der Waals surface area contributed by atoms with E-state index in [-0.39, 0.29) is 4.83 Å². The number of alkyl halides is 1. The zero-order chi connectivity index (χ0) is 12.7. The van der Waals surface area contributed by atoms with Crippen molar-refractivity contribution in [3.8, 4) is 5.75 Å². The second-order valence-electron chi connectivity index (χ2n) is 4.39. The van der Waals surface area contributed by atoms with Gasteiger partial charge in [-0.25, -0.2) is 0 Å². The second-order valence-corrected chi connectivity index (χ2v) is 7.94. The molecule has 0 radical (unpaired) electrons. The number of thiophene rings is 1. The van der Waals surface area contributed by atoms with Gasteiger partial charge in [0.15, 0.2) is 0 Å². The van der Waals surface area contributed by atoms with E-state index in [0.29, 0.717) is 0 Å². The summed E-state index contributed by atoms with van der Waals surface area (Å²) in [6.07, 6.45) is 1.02. The molecule has 0 aliphatic carbocycles. The first kappa shape index (κ1) is 12.7. The Kier molecular flexibility index (Phi) is 3.52. The van der Waals surface area contributed by atoms with E-state index in [4.69, 9.17) is 4.74 Å². The van der Waals surface area contributed by atoms with E-state index in [1.165, 1.54) is 25.4 Å². The maximum atomic E-state index is 5.55. The fourth-order valence-corrected chi connectivity index (χ4v) is 4.91. The van der Waals surface area contributed by atoms with Crippen LogP contribution in [0.1, 0.15) is 26.4 Å². The highest BCUT2D eigenvalue weighted by Crippen LogP contribution is 2.40. The van der Waals surface area contributed by atoms with E-state index in [9.17, 15) is 0 Å². The number of benzene rings is 1. The lowest BCUT2D eigenvalue weighted by Crippen LogP contribution is -1.93. The van der Waals surface area contributed by atoms with Gasteiger partial charge in [0.2, 0.25) is 0 Å². The molecule has 0 amide bonds. The molecule has 1 aromatic heterocycles. The maximum Gasteiger partial charge on any atom is 0.122 e. The summed E-state index contributed by atoms with van der Waals surface area (Å²) >= 11 is 9.14. The first-order valence-corrected chi connectivity index (χ1v) is 8.33. The molecule has 18 heavy (non-hydrogen) atoms. The molecule has 0 bridgehead atoms. The molecular weight excluding hydrogens is 376 g/mol. The molecule has 1 nitrogen and oxygen atoms in total. The van der Waals surface area contributed by atoms with Gasteiger partial charge in [0, 0.05) is 11.3 Å². The molecule has 3 rings (SSSR count). The fourth-order valence-electron chi connectivity index (χ4n) is 2.25. The van der Waals surface area contributed by atoms with E-state index >= 15 is 0 Å². The van der Waals surface area contributed by atoms with Crippen molar-refractivity contribution < 1.29 is 4.74 Å². The van der Waals surface area contributed by atoms with Crippen molar-refractivity contribution in [1.82, 2.24) is 0 Å². The zero-order valence-corrected chi connectivity index (χ0v) is 13.9. The number of ether oxygens (including phenoxy) is 1. The molecule has 1 unspecified atom stereocenters. The van der Waals surface area contributed by atoms with E-state index in [2.05, 4.69) is 63.0 Å². The number of aryl methyl sites for hydroxylation is 1. The molecule has 0 saturated carbocycles. The summed E-state index contributed by atoms with van der Waals surface area (Å²) in [6.45, 7) is 2.98. The van der Waals surface area contributed by atoms with Crippen molar-refractivity contribution in [3.63, 3.8) is 0 Å². The molecule has 0 saturated heterocycles. The lowest BCUT2D eigenvalue weighted by Gasteiger charge is -2.11. The lowest BCUT2D eigenvalue weighted by atomic mass is 10.0. The molecular formula is C14H12Br2OS. The van der Waals surface area contributed by atoms with Crippen LogP contribution in [0, 0.1) is 6.92 Å². The third kappa shape index (κ3) is 2.26. The third-order valence-electron chi connectivity index (χ3n) is 3.21. The monoisotopic (exact) mass is 386 g/mol. The van der Waals surface area contributed by atoms with Gasteiger partial charge in [-0.05, 0) is 51.7 Å². The minimum atomic E-state index is 0.256. The van der Waals surface area contributed by atoms with E-state index < -0.39 is 0 Å². The first-order chi connectivity index (χ1) is 8.65. The van der Waals surface area contributed by atoms with Crippen LogP contribution in [-0.4, -0.2) is 6.61 Å². The second kappa shape index (κ2) is 4.99. The highest BCUT2D eigenvalue weighted by atomic mass is 79.9. The topological polar surface area (TPSA) is 9.23 Å². The van der Waals surface area contributed by atoms with Crippen molar-refractivity contribution >= 4 is 43.2 Å². The highest BCUT2D eigenvalue weighted by Gasteiger charge is 2.18. The summed E-state index contributed by atoms with van der Waals surface area (Å²) in [6, 6.07) is 8.69. The van der Waals surface area contributed by atoms with Crippen LogP contribution >= 0.6 is 43.2 Å². The molecule has 2 heterocycles. The van der Waals surface area contributed by atoms with Gasteiger partial charge in [-0.15, -0.1) is 11.3 Å². The smallest absolute Gasteiger partial charge is 0.122 e. The minimum absolute atomic E-state index is 0.256. The summed E-state index contributed by atoms with van der Waals surface area (Å²) in [5, 5.41) is 0. The van der Waals surface area contributed by atoms with E-state index in [0.717, 1.165) is 18.8 Å². The van der Waals surface area contributed by atoms with Crippen LogP contribution < -0.4 is 4.74 Å². The van der Waals surface area contributed by atoms with Crippen molar-refractivity contribution in [2.24, 2.45) is 0 Å². The van der Waals surface area contributed by atoms with Gasteiger partial charge >= 0.3 is 0 Å². The Bertz CT molecular complexity index is 591. The number of hydrogen-bond acceptors (Lipinski definition) is 2. The minimum Gasteiger partial charge on any atom is -0.493 e. The quantitative estimate of drug-likeness (QED) is 0.640. The molecule has 4 heteroatoms. The van der Waals surface area contributed by atoms with Crippen LogP contribution in [0.2, 0.25) is 0 Å². The number of rotatable bonds is 2. The van der Waals surface area contributed by atoms with Crippen LogP contribution in [0.25, 0.3) is 0 Å².